The summed E-state index contributed by atoms with van der Waals surface area (Å²) in [5.41, 5.74) is 1.20. The summed E-state index contributed by atoms with van der Waals surface area (Å²) in [6.07, 6.45) is 2.83. The minimum atomic E-state index is -0.572. The maximum absolute atomic E-state index is 15.3. The maximum Gasteiger partial charge on any atom is 0.292 e. The Morgan fingerprint density at radius 2 is 1.88 bits per heavy atom. The molecule has 0 amide bonds. The first kappa shape index (κ1) is 20.5. The van der Waals surface area contributed by atoms with Gasteiger partial charge in [0.1, 0.15) is 12.0 Å². The number of fused-ring (bicyclic) bond motifs is 3. The monoisotopic (exact) mass is 463 g/mol. The Labute approximate surface area is 191 Å². The average molecular weight is 463 g/mol. The molecule has 5 heterocycles. The van der Waals surface area contributed by atoms with Crippen LogP contribution in [0, 0.1) is 11.8 Å². The molecule has 9 nitrogen and oxygen atoms in total. The summed E-state index contributed by atoms with van der Waals surface area (Å²) < 4.78 is 35.2. The quantitative estimate of drug-likeness (QED) is 0.395. The van der Waals surface area contributed by atoms with Crippen molar-refractivity contribution < 1.29 is 13.2 Å². The van der Waals surface area contributed by atoms with E-state index in [0.29, 0.717) is 66.3 Å². The van der Waals surface area contributed by atoms with Crippen LogP contribution in [-0.2, 0) is 6.54 Å². The van der Waals surface area contributed by atoms with Crippen LogP contribution in [0.3, 0.4) is 0 Å². The Kier molecular flexibility index (Phi) is 4.84. The number of piperazine rings is 1. The summed E-state index contributed by atoms with van der Waals surface area (Å²) in [7, 11) is 0. The number of aromatic nitrogens is 5. The molecule has 1 saturated heterocycles. The summed E-state index contributed by atoms with van der Waals surface area (Å²) in [6, 6.07) is 8.59. The highest BCUT2D eigenvalue weighted by molar-refractivity contribution is 6.03. The van der Waals surface area contributed by atoms with Crippen LogP contribution < -0.4 is 10.5 Å². The molecule has 1 fully saturated rings. The molecule has 4 aromatic heterocycles. The molecule has 11 heteroatoms. The molecule has 1 aliphatic heterocycles. The van der Waals surface area contributed by atoms with E-state index >= 15 is 4.39 Å². The fourth-order valence-corrected chi connectivity index (χ4v) is 4.47. The van der Waals surface area contributed by atoms with Crippen molar-refractivity contribution >= 4 is 27.6 Å². The molecule has 0 aliphatic carbocycles. The molecule has 6 rings (SSSR count). The fourth-order valence-electron chi connectivity index (χ4n) is 4.47. The standard InChI is InChI=1S/C23H19F2N7O2/c24-18-13(1-2-14-15-5-10-34-20(15)23(33)29-19(14)18)11-31-6-8-32(9-7-31)17-4-3-16(28-21(17)25)22-26-12-27-30-22/h1-5,10,12H,6-9,11H2,(H,29,33)(H,26,27,30). The number of rotatable bonds is 4. The van der Waals surface area contributed by atoms with Crippen molar-refractivity contribution in [2.45, 2.75) is 6.54 Å². The zero-order valence-corrected chi connectivity index (χ0v) is 17.9. The Balaban J connectivity index is 1.18. The third-order valence-electron chi connectivity index (χ3n) is 6.22. The molecule has 1 aliphatic rings. The van der Waals surface area contributed by atoms with E-state index in [-0.39, 0.29) is 11.1 Å². The van der Waals surface area contributed by atoms with Gasteiger partial charge in [-0.05, 0) is 18.2 Å². The van der Waals surface area contributed by atoms with E-state index in [0.717, 1.165) is 0 Å². The van der Waals surface area contributed by atoms with Gasteiger partial charge in [0.2, 0.25) is 5.95 Å². The van der Waals surface area contributed by atoms with E-state index in [4.69, 9.17) is 4.42 Å². The van der Waals surface area contributed by atoms with Gasteiger partial charge >= 0.3 is 0 Å². The lowest BCUT2D eigenvalue weighted by molar-refractivity contribution is 0.246. The van der Waals surface area contributed by atoms with Crippen molar-refractivity contribution in [2.75, 3.05) is 31.1 Å². The first-order valence-corrected chi connectivity index (χ1v) is 10.8. The fraction of sp³-hybridized carbons (Fsp3) is 0.217. The lowest BCUT2D eigenvalue weighted by Gasteiger charge is -2.36. The number of benzene rings is 1. The Morgan fingerprint density at radius 3 is 2.65 bits per heavy atom. The number of aromatic amines is 2. The number of nitrogens with zero attached hydrogens (tertiary/aromatic N) is 5. The number of halogens is 2. The first-order chi connectivity index (χ1) is 16.6. The molecular formula is C23H19F2N7O2. The molecule has 0 spiro atoms. The molecule has 172 valence electrons. The van der Waals surface area contributed by atoms with Crippen molar-refractivity contribution in [3.63, 3.8) is 0 Å². The van der Waals surface area contributed by atoms with Gasteiger partial charge in [0, 0.05) is 49.1 Å². The molecule has 0 saturated carbocycles. The molecular weight excluding hydrogens is 444 g/mol. The number of nitrogens with one attached hydrogen (secondary N) is 2. The van der Waals surface area contributed by atoms with E-state index in [1.807, 2.05) is 4.90 Å². The molecule has 0 bridgehead atoms. The summed E-state index contributed by atoms with van der Waals surface area (Å²) >= 11 is 0. The van der Waals surface area contributed by atoms with Crippen LogP contribution >= 0.6 is 0 Å². The van der Waals surface area contributed by atoms with Gasteiger partial charge in [0.15, 0.2) is 17.2 Å². The van der Waals surface area contributed by atoms with Crippen molar-refractivity contribution in [2.24, 2.45) is 0 Å². The van der Waals surface area contributed by atoms with Crippen LogP contribution in [-0.4, -0.2) is 56.2 Å². The smallest absolute Gasteiger partial charge is 0.292 e. The van der Waals surface area contributed by atoms with Gasteiger partial charge in [0.05, 0.1) is 17.5 Å². The van der Waals surface area contributed by atoms with Crippen LogP contribution in [0.25, 0.3) is 33.4 Å². The Hall–Kier alpha value is -4.12. The van der Waals surface area contributed by atoms with Crippen LogP contribution in [0.5, 0.6) is 0 Å². The predicted octanol–water partition coefficient (Wildman–Crippen LogP) is 3.05. The van der Waals surface area contributed by atoms with Crippen molar-refractivity contribution in [3.8, 4) is 11.5 Å². The van der Waals surface area contributed by atoms with Crippen molar-refractivity contribution in [1.29, 1.82) is 0 Å². The minimum absolute atomic E-state index is 0.176. The number of furan rings is 1. The third-order valence-corrected chi connectivity index (χ3v) is 6.22. The van der Waals surface area contributed by atoms with Gasteiger partial charge in [-0.1, -0.05) is 12.1 Å². The molecule has 1 aromatic carbocycles. The van der Waals surface area contributed by atoms with Gasteiger partial charge in [0.25, 0.3) is 5.56 Å². The Morgan fingerprint density at radius 1 is 1.03 bits per heavy atom. The summed E-state index contributed by atoms with van der Waals surface area (Å²) in [5.74, 6) is -0.613. The van der Waals surface area contributed by atoms with Crippen LogP contribution in [0.15, 0.2) is 52.1 Å². The lowest BCUT2D eigenvalue weighted by atomic mass is 10.1. The normalized spacial score (nSPS) is 14.9. The minimum Gasteiger partial charge on any atom is -0.459 e. The first-order valence-electron chi connectivity index (χ1n) is 10.8. The predicted molar refractivity (Wildman–Crippen MR) is 121 cm³/mol. The van der Waals surface area contributed by atoms with Crippen LogP contribution in [0.2, 0.25) is 0 Å². The number of hydrogen-bond donors (Lipinski definition) is 2. The number of H-pyrrole nitrogens is 2. The highest BCUT2D eigenvalue weighted by Gasteiger charge is 2.22. The van der Waals surface area contributed by atoms with Gasteiger partial charge in [-0.2, -0.15) is 4.39 Å². The van der Waals surface area contributed by atoms with E-state index in [1.54, 1.807) is 30.3 Å². The highest BCUT2D eigenvalue weighted by Crippen LogP contribution is 2.27. The Bertz CT molecular complexity index is 1550. The van der Waals surface area contributed by atoms with Gasteiger partial charge in [-0.15, -0.1) is 10.2 Å². The van der Waals surface area contributed by atoms with Crippen molar-refractivity contribution in [1.82, 2.24) is 30.0 Å². The number of anilines is 1. The van der Waals surface area contributed by atoms with Crippen molar-refractivity contribution in [3.05, 3.63) is 70.6 Å². The lowest BCUT2D eigenvalue weighted by Crippen LogP contribution is -2.46. The van der Waals surface area contributed by atoms with Gasteiger partial charge < -0.3 is 19.3 Å². The molecule has 0 atom stereocenters. The van der Waals surface area contributed by atoms with E-state index in [1.165, 1.54) is 12.6 Å². The second-order valence-corrected chi connectivity index (χ2v) is 8.19. The zero-order valence-electron chi connectivity index (χ0n) is 17.9. The number of pyridine rings is 2. The van der Waals surface area contributed by atoms with E-state index in [2.05, 4.69) is 30.0 Å². The molecule has 34 heavy (non-hydrogen) atoms. The highest BCUT2D eigenvalue weighted by atomic mass is 19.1. The third kappa shape index (κ3) is 3.41. The summed E-state index contributed by atoms with van der Waals surface area (Å²) in [4.78, 5) is 25.7. The molecule has 0 radical (unpaired) electrons. The molecule has 5 aromatic rings. The van der Waals surface area contributed by atoms with Crippen LogP contribution in [0.4, 0.5) is 14.5 Å². The summed E-state index contributed by atoms with van der Waals surface area (Å²) in [5, 5.41) is 8.73. The molecule has 0 unspecified atom stereocenters. The molecule has 2 N–H and O–H groups in total. The number of hydrogen-bond acceptors (Lipinski definition) is 7. The topological polar surface area (TPSA) is 107 Å². The van der Waals surface area contributed by atoms with Crippen LogP contribution in [0.1, 0.15) is 5.56 Å². The summed E-state index contributed by atoms with van der Waals surface area (Å²) in [6.45, 7) is 2.77. The second kappa shape index (κ2) is 8.03. The average Bonchev–Trinajstić information content (AvgIpc) is 3.55. The van der Waals surface area contributed by atoms with E-state index < -0.39 is 17.3 Å². The largest absolute Gasteiger partial charge is 0.459 e. The maximum atomic E-state index is 15.3. The van der Waals surface area contributed by atoms with Gasteiger partial charge in [-0.3, -0.25) is 9.69 Å². The van der Waals surface area contributed by atoms with Gasteiger partial charge in [-0.25, -0.2) is 9.37 Å². The SMILES string of the molecule is O=c1[nH]c2c(F)c(CN3CCN(c4ccc(-c5nnc[nH]5)nc4F)CC3)ccc2c2ccoc12. The second-order valence-electron chi connectivity index (χ2n) is 8.19. The zero-order chi connectivity index (χ0) is 23.2. The van der Waals surface area contributed by atoms with E-state index in [9.17, 15) is 9.18 Å².